The quantitative estimate of drug-likeness (QED) is 0.167. The Balaban J connectivity index is 1.37. The van der Waals surface area contributed by atoms with Crippen molar-refractivity contribution in [1.82, 2.24) is 9.13 Å². The number of fused-ring (bicyclic) bond motifs is 5. The summed E-state index contributed by atoms with van der Waals surface area (Å²) in [6, 6.07) is 64.8. The van der Waals surface area contributed by atoms with Gasteiger partial charge in [0.15, 0.2) is 7.14 Å². The van der Waals surface area contributed by atoms with Crippen LogP contribution in [0.4, 0.5) is 0 Å². The normalized spacial score (nSPS) is 11.8. The highest BCUT2D eigenvalue weighted by Gasteiger charge is 2.30. The van der Waals surface area contributed by atoms with Crippen LogP contribution in [-0.2, 0) is 4.57 Å². The SMILES string of the molecule is O=P(c1ccccc1)(c1ccccc1)c1cccc(-n2c3ccccc3c3ccc4c(cc(-c5ccccc5)n4-c4ccccc4)c32)c1. The number of aromatic nitrogens is 2. The van der Waals surface area contributed by atoms with Gasteiger partial charge < -0.3 is 13.7 Å². The molecule has 0 saturated heterocycles. The van der Waals surface area contributed by atoms with Gasteiger partial charge in [-0.2, -0.15) is 0 Å². The molecule has 0 unspecified atom stereocenters. The fourth-order valence-corrected chi connectivity index (χ4v) is 9.93. The summed E-state index contributed by atoms with van der Waals surface area (Å²) in [4.78, 5) is 0. The number of benzene rings is 7. The van der Waals surface area contributed by atoms with E-state index in [4.69, 9.17) is 0 Å². The highest BCUT2D eigenvalue weighted by molar-refractivity contribution is 7.85. The van der Waals surface area contributed by atoms with Crippen LogP contribution in [0.1, 0.15) is 0 Å². The molecule has 2 heterocycles. The average molecular weight is 635 g/mol. The number of rotatable bonds is 6. The molecule has 0 bridgehead atoms. The molecule has 7 aromatic carbocycles. The molecule has 3 nitrogen and oxygen atoms in total. The van der Waals surface area contributed by atoms with Crippen LogP contribution < -0.4 is 15.9 Å². The molecule has 0 saturated carbocycles. The predicted octanol–water partition coefficient (Wildman–Crippen LogP) is 10.0. The summed E-state index contributed by atoms with van der Waals surface area (Å²) in [6.45, 7) is 0. The second kappa shape index (κ2) is 11.4. The average Bonchev–Trinajstić information content (AvgIpc) is 3.73. The second-order valence-electron chi connectivity index (χ2n) is 12.1. The highest BCUT2D eigenvalue weighted by Crippen LogP contribution is 2.44. The second-order valence-corrected chi connectivity index (χ2v) is 14.9. The van der Waals surface area contributed by atoms with Crippen molar-refractivity contribution in [3.8, 4) is 22.6 Å². The van der Waals surface area contributed by atoms with E-state index < -0.39 is 7.14 Å². The molecule has 0 amide bonds. The third-order valence-corrected chi connectivity index (χ3v) is 12.4. The molecular weight excluding hydrogens is 603 g/mol. The molecule has 4 heteroatoms. The Bertz CT molecular complexity index is 2580. The van der Waals surface area contributed by atoms with Crippen molar-refractivity contribution in [3.05, 3.63) is 188 Å². The molecule has 0 N–H and O–H groups in total. The van der Waals surface area contributed by atoms with Crippen molar-refractivity contribution in [1.29, 1.82) is 0 Å². The molecule has 9 aromatic rings. The van der Waals surface area contributed by atoms with E-state index in [9.17, 15) is 0 Å². The zero-order valence-corrected chi connectivity index (χ0v) is 27.0. The minimum atomic E-state index is -3.18. The van der Waals surface area contributed by atoms with Gasteiger partial charge in [-0.3, -0.25) is 0 Å². The molecule has 0 radical (unpaired) electrons. The summed E-state index contributed by atoms with van der Waals surface area (Å²) in [6.07, 6.45) is 0. The first-order valence-corrected chi connectivity index (χ1v) is 17.9. The van der Waals surface area contributed by atoms with Crippen LogP contribution >= 0.6 is 7.14 Å². The molecule has 0 spiro atoms. The zero-order chi connectivity index (χ0) is 32.1. The summed E-state index contributed by atoms with van der Waals surface area (Å²) in [5.74, 6) is 0. The van der Waals surface area contributed by atoms with Gasteiger partial charge in [0, 0.05) is 43.4 Å². The van der Waals surface area contributed by atoms with E-state index in [1.165, 1.54) is 10.8 Å². The maximum Gasteiger partial charge on any atom is 0.171 e. The van der Waals surface area contributed by atoms with Crippen molar-refractivity contribution in [2.75, 3.05) is 0 Å². The lowest BCUT2D eigenvalue weighted by molar-refractivity contribution is 0.592. The van der Waals surface area contributed by atoms with Gasteiger partial charge in [0.05, 0.1) is 22.2 Å². The molecule has 9 rings (SSSR count). The van der Waals surface area contributed by atoms with Crippen LogP contribution in [0.3, 0.4) is 0 Å². The number of para-hydroxylation sites is 2. The Morgan fingerprint density at radius 3 is 1.60 bits per heavy atom. The van der Waals surface area contributed by atoms with Gasteiger partial charge in [-0.05, 0) is 48.0 Å². The summed E-state index contributed by atoms with van der Waals surface area (Å²) in [5, 5.41) is 5.98. The Morgan fingerprint density at radius 1 is 0.375 bits per heavy atom. The smallest absolute Gasteiger partial charge is 0.171 e. The molecule has 2 aromatic heterocycles. The zero-order valence-electron chi connectivity index (χ0n) is 26.1. The fraction of sp³-hybridized carbons (Fsp3) is 0. The first-order valence-electron chi connectivity index (χ1n) is 16.2. The molecule has 0 aliphatic carbocycles. The summed E-state index contributed by atoms with van der Waals surface area (Å²) in [5.41, 5.74) is 7.75. The van der Waals surface area contributed by atoms with Gasteiger partial charge in [0.25, 0.3) is 0 Å². The van der Waals surface area contributed by atoms with Crippen LogP contribution in [-0.4, -0.2) is 9.13 Å². The van der Waals surface area contributed by atoms with Crippen molar-refractivity contribution >= 4 is 55.8 Å². The third kappa shape index (κ3) is 4.40. The van der Waals surface area contributed by atoms with Gasteiger partial charge in [0.2, 0.25) is 0 Å². The topological polar surface area (TPSA) is 26.9 Å². The van der Waals surface area contributed by atoms with Crippen molar-refractivity contribution < 1.29 is 4.57 Å². The monoisotopic (exact) mass is 634 g/mol. The van der Waals surface area contributed by atoms with Gasteiger partial charge in [-0.15, -0.1) is 0 Å². The van der Waals surface area contributed by atoms with Gasteiger partial charge in [-0.1, -0.05) is 146 Å². The van der Waals surface area contributed by atoms with E-state index in [-0.39, 0.29) is 0 Å². The molecule has 0 atom stereocenters. The molecule has 0 aliphatic heterocycles. The maximum atomic E-state index is 15.4. The lowest BCUT2D eigenvalue weighted by atomic mass is 10.1. The van der Waals surface area contributed by atoms with Crippen molar-refractivity contribution in [3.63, 3.8) is 0 Å². The molecular formula is C44H31N2OP. The van der Waals surface area contributed by atoms with E-state index in [0.717, 1.165) is 60.5 Å². The lowest BCUT2D eigenvalue weighted by Crippen LogP contribution is -2.25. The Kier molecular flexibility index (Phi) is 6.74. The van der Waals surface area contributed by atoms with Crippen molar-refractivity contribution in [2.45, 2.75) is 0 Å². The largest absolute Gasteiger partial charge is 0.309 e. The Morgan fingerprint density at radius 2 is 0.917 bits per heavy atom. The molecule has 0 fully saturated rings. The predicted molar refractivity (Wildman–Crippen MR) is 202 cm³/mol. The molecule has 228 valence electrons. The van der Waals surface area contributed by atoms with E-state index in [2.05, 4.69) is 130 Å². The summed E-state index contributed by atoms with van der Waals surface area (Å²) >= 11 is 0. The van der Waals surface area contributed by atoms with Crippen LogP contribution in [0, 0.1) is 0 Å². The van der Waals surface area contributed by atoms with E-state index in [1.807, 2.05) is 66.7 Å². The van der Waals surface area contributed by atoms with Gasteiger partial charge >= 0.3 is 0 Å². The Labute approximate surface area is 279 Å². The van der Waals surface area contributed by atoms with E-state index in [0.29, 0.717) is 0 Å². The standard InChI is InChI=1S/C44H31N2OP/c47-48(35-21-9-3-10-22-35,36-23-11-4-12-24-36)37-25-15-20-34(30-37)46-41-27-14-13-26-38(41)39-28-29-42-40(44(39)46)31-43(32-16-5-1-6-17-32)45(42)33-18-7-2-8-19-33/h1-31H. The first kappa shape index (κ1) is 28.3. The fourth-order valence-electron chi connectivity index (χ4n) is 7.24. The number of hydrogen-bond donors (Lipinski definition) is 0. The number of hydrogen-bond acceptors (Lipinski definition) is 1. The van der Waals surface area contributed by atoms with Crippen LogP contribution in [0.2, 0.25) is 0 Å². The molecule has 48 heavy (non-hydrogen) atoms. The highest BCUT2D eigenvalue weighted by atomic mass is 31.2. The van der Waals surface area contributed by atoms with E-state index >= 15 is 4.57 Å². The molecule has 0 aliphatic rings. The van der Waals surface area contributed by atoms with Gasteiger partial charge in [-0.25, -0.2) is 0 Å². The summed E-state index contributed by atoms with van der Waals surface area (Å²) < 4.78 is 20.2. The lowest BCUT2D eigenvalue weighted by Gasteiger charge is -2.21. The van der Waals surface area contributed by atoms with Crippen LogP contribution in [0.5, 0.6) is 0 Å². The van der Waals surface area contributed by atoms with Gasteiger partial charge in [0.1, 0.15) is 0 Å². The Hall–Kier alpha value is -5.89. The minimum Gasteiger partial charge on any atom is -0.309 e. The maximum absolute atomic E-state index is 15.4. The van der Waals surface area contributed by atoms with Crippen LogP contribution in [0.25, 0.3) is 55.3 Å². The summed E-state index contributed by atoms with van der Waals surface area (Å²) in [7, 11) is -3.18. The third-order valence-electron chi connectivity index (χ3n) is 9.39. The van der Waals surface area contributed by atoms with Crippen molar-refractivity contribution in [2.24, 2.45) is 0 Å². The minimum absolute atomic E-state index is 0.808. The number of nitrogens with zero attached hydrogens (tertiary/aromatic N) is 2. The van der Waals surface area contributed by atoms with Crippen LogP contribution in [0.15, 0.2) is 188 Å². The van der Waals surface area contributed by atoms with E-state index in [1.54, 1.807) is 0 Å². The first-order chi connectivity index (χ1) is 23.7.